The van der Waals surface area contributed by atoms with Gasteiger partial charge in [0, 0.05) is 29.4 Å². The molecular weight excluding hydrogens is 533 g/mol. The van der Waals surface area contributed by atoms with Gasteiger partial charge in [0.05, 0.1) is 17.7 Å². The Kier molecular flexibility index (Phi) is 6.69. The van der Waals surface area contributed by atoms with Crippen LogP contribution in [0.1, 0.15) is 35.9 Å². The minimum absolute atomic E-state index is 0.0947. The third kappa shape index (κ3) is 5.07. The monoisotopic (exact) mass is 558 g/mol. The van der Waals surface area contributed by atoms with Crippen LogP contribution in [0.3, 0.4) is 0 Å². The fraction of sp³-hybridized carbons (Fsp3) is 0.385. The van der Waals surface area contributed by atoms with Crippen LogP contribution >= 0.6 is 11.8 Å². The molecule has 2 aromatic heterocycles. The van der Waals surface area contributed by atoms with Crippen molar-refractivity contribution in [3.63, 3.8) is 0 Å². The largest absolute Gasteiger partial charge is 0.416 e. The molecule has 2 aromatic carbocycles. The van der Waals surface area contributed by atoms with Gasteiger partial charge in [-0.25, -0.2) is 14.6 Å². The summed E-state index contributed by atoms with van der Waals surface area (Å²) in [6, 6.07) is 14.2. The van der Waals surface area contributed by atoms with Gasteiger partial charge >= 0.3 is 6.18 Å². The Balaban J connectivity index is 1.34. The van der Waals surface area contributed by atoms with Crippen LogP contribution < -0.4 is 5.32 Å². The Morgan fingerprint density at radius 3 is 2.38 bits per heavy atom. The van der Waals surface area contributed by atoms with Gasteiger partial charge in [0.2, 0.25) is 0 Å². The molecule has 0 spiro atoms. The molecular formula is C26H25F3N6O3S. The van der Waals surface area contributed by atoms with Gasteiger partial charge in [-0.1, -0.05) is 35.5 Å². The maximum Gasteiger partial charge on any atom is 0.416 e. The highest BCUT2D eigenvalue weighted by atomic mass is 32.2. The fourth-order valence-corrected chi connectivity index (χ4v) is 5.87. The van der Waals surface area contributed by atoms with Crippen molar-refractivity contribution in [3.8, 4) is 0 Å². The number of anilines is 1. The van der Waals surface area contributed by atoms with E-state index in [0.717, 1.165) is 30.3 Å². The Labute approximate surface area is 225 Å². The first-order chi connectivity index (χ1) is 18.7. The summed E-state index contributed by atoms with van der Waals surface area (Å²) in [7, 11) is 0. The van der Waals surface area contributed by atoms with Gasteiger partial charge < -0.3 is 20.6 Å². The van der Waals surface area contributed by atoms with Crippen LogP contribution in [0.4, 0.5) is 19.0 Å². The topological polar surface area (TPSA) is 129 Å². The maximum absolute atomic E-state index is 13.0. The lowest BCUT2D eigenvalue weighted by Gasteiger charge is -2.17. The third-order valence-electron chi connectivity index (χ3n) is 7.35. The molecule has 0 amide bonds. The number of halogens is 3. The number of nitrogens with zero attached hydrogens (tertiary/aromatic N) is 5. The first-order valence-electron chi connectivity index (χ1n) is 12.5. The second-order valence-corrected chi connectivity index (χ2v) is 11.0. The minimum atomic E-state index is -4.44. The van der Waals surface area contributed by atoms with Crippen LogP contribution in [0.25, 0.3) is 11.2 Å². The number of hydrogen-bond acceptors (Lipinski definition) is 9. The molecule has 4 N–H and O–H groups in total. The zero-order valence-corrected chi connectivity index (χ0v) is 21.2. The predicted octanol–water partition coefficient (Wildman–Crippen LogP) is 3.63. The Morgan fingerprint density at radius 1 is 0.974 bits per heavy atom. The first kappa shape index (κ1) is 26.0. The lowest BCUT2D eigenvalue weighted by Crippen LogP contribution is -2.30. The van der Waals surface area contributed by atoms with E-state index in [2.05, 4.69) is 37.7 Å². The second-order valence-electron chi connectivity index (χ2n) is 9.92. The summed E-state index contributed by atoms with van der Waals surface area (Å²) < 4.78 is 40.5. The normalized spacial score (nSPS) is 26.7. The van der Waals surface area contributed by atoms with Crippen molar-refractivity contribution >= 4 is 28.7 Å². The molecule has 0 saturated heterocycles. The van der Waals surface area contributed by atoms with Crippen molar-refractivity contribution in [1.82, 2.24) is 25.0 Å². The molecule has 2 fully saturated rings. The molecule has 6 rings (SSSR count). The number of nitrogens with one attached hydrogen (secondary N) is 1. The molecule has 13 heteroatoms. The summed E-state index contributed by atoms with van der Waals surface area (Å²) in [5, 5.41) is 42.8. The van der Waals surface area contributed by atoms with E-state index in [4.69, 9.17) is 0 Å². The smallest absolute Gasteiger partial charge is 0.396 e. The van der Waals surface area contributed by atoms with E-state index in [1.165, 1.54) is 22.4 Å². The number of rotatable bonds is 7. The van der Waals surface area contributed by atoms with Gasteiger partial charge in [-0.05, 0) is 54.4 Å². The summed E-state index contributed by atoms with van der Waals surface area (Å²) >= 11 is 1.09. The quantitative estimate of drug-likeness (QED) is 0.251. The van der Waals surface area contributed by atoms with Gasteiger partial charge in [0.1, 0.15) is 6.10 Å². The summed E-state index contributed by atoms with van der Waals surface area (Å²) in [5.74, 6) is 0.188. The van der Waals surface area contributed by atoms with E-state index in [9.17, 15) is 28.5 Å². The van der Waals surface area contributed by atoms with Crippen molar-refractivity contribution in [2.75, 3.05) is 11.9 Å². The minimum Gasteiger partial charge on any atom is -0.396 e. The number of benzene rings is 2. The Hall–Kier alpha value is -3.26. The third-order valence-corrected chi connectivity index (χ3v) is 8.23. The number of alkyl halides is 3. The average molecular weight is 559 g/mol. The lowest BCUT2D eigenvalue weighted by atomic mass is 10.1. The summed E-state index contributed by atoms with van der Waals surface area (Å²) in [5.41, 5.74) is 1.13. The van der Waals surface area contributed by atoms with Crippen LogP contribution in [0.15, 0.2) is 64.6 Å². The summed E-state index contributed by atoms with van der Waals surface area (Å²) in [6.45, 7) is -0.291. The SMILES string of the molecule is OC[C@@H]1C[C@H](n2nnc3c(NC4CC4c4ccccc4)nc(Sc4ccc(C(F)(F)F)cc4)nc32)[C@@H](O)[C@H]1O. The van der Waals surface area contributed by atoms with E-state index < -0.39 is 35.9 Å². The van der Waals surface area contributed by atoms with Crippen LogP contribution in [-0.2, 0) is 6.18 Å². The van der Waals surface area contributed by atoms with Crippen LogP contribution in [-0.4, -0.2) is 65.1 Å². The highest BCUT2D eigenvalue weighted by molar-refractivity contribution is 7.99. The van der Waals surface area contributed by atoms with Gasteiger partial charge in [-0.3, -0.25) is 0 Å². The molecule has 0 radical (unpaired) electrons. The van der Waals surface area contributed by atoms with Gasteiger partial charge in [-0.15, -0.1) is 5.10 Å². The standard InChI is InChI=1S/C26H25F3N6O3S/c27-26(28,29)15-6-8-16(9-7-15)39-25-31-23(30-18-11-17(18)13-4-2-1-3-5-13)20-24(32-25)35(34-33-20)19-10-14(12-36)21(37)22(19)38/h1-9,14,17-19,21-22,36-38H,10-12H2,(H,30,31,32)/t14-,17?,18?,19-,21-,22+/m0/s1. The van der Waals surface area contributed by atoms with E-state index in [0.29, 0.717) is 21.9 Å². The number of aromatic nitrogens is 5. The summed E-state index contributed by atoms with van der Waals surface area (Å²) in [4.78, 5) is 9.74. The molecule has 6 atom stereocenters. The average Bonchev–Trinajstić information content (AvgIpc) is 3.47. The maximum atomic E-state index is 13.0. The van der Waals surface area contributed by atoms with Gasteiger partial charge in [0.25, 0.3) is 0 Å². The van der Waals surface area contributed by atoms with Gasteiger partial charge in [-0.2, -0.15) is 13.2 Å². The van der Waals surface area contributed by atoms with Crippen molar-refractivity contribution in [3.05, 3.63) is 65.7 Å². The van der Waals surface area contributed by atoms with E-state index in [1.54, 1.807) is 0 Å². The van der Waals surface area contributed by atoms with E-state index in [1.807, 2.05) is 18.2 Å². The van der Waals surface area contributed by atoms with Crippen molar-refractivity contribution in [1.29, 1.82) is 0 Å². The second kappa shape index (κ2) is 10.0. The molecule has 4 aromatic rings. The van der Waals surface area contributed by atoms with E-state index in [-0.39, 0.29) is 30.1 Å². The highest BCUT2D eigenvalue weighted by Gasteiger charge is 2.44. The number of aliphatic hydroxyl groups is 3. The molecule has 2 unspecified atom stereocenters. The van der Waals surface area contributed by atoms with Crippen molar-refractivity contribution < 1.29 is 28.5 Å². The molecule has 9 nitrogen and oxygen atoms in total. The fourth-order valence-electron chi connectivity index (χ4n) is 5.12. The van der Waals surface area contributed by atoms with Crippen molar-refractivity contribution in [2.45, 2.75) is 59.3 Å². The molecule has 0 bridgehead atoms. The zero-order chi connectivity index (χ0) is 27.3. The molecule has 39 heavy (non-hydrogen) atoms. The number of fused-ring (bicyclic) bond motifs is 1. The van der Waals surface area contributed by atoms with Crippen LogP contribution in [0, 0.1) is 5.92 Å². The molecule has 0 aliphatic heterocycles. The van der Waals surface area contributed by atoms with E-state index >= 15 is 0 Å². The summed E-state index contributed by atoms with van der Waals surface area (Å²) in [6.07, 6.45) is -5.60. The predicted molar refractivity (Wildman–Crippen MR) is 136 cm³/mol. The van der Waals surface area contributed by atoms with Crippen LogP contribution in [0.2, 0.25) is 0 Å². The Morgan fingerprint density at radius 2 is 1.72 bits per heavy atom. The molecule has 2 saturated carbocycles. The molecule has 2 aliphatic rings. The zero-order valence-electron chi connectivity index (χ0n) is 20.4. The highest BCUT2D eigenvalue weighted by Crippen LogP contribution is 2.44. The lowest BCUT2D eigenvalue weighted by molar-refractivity contribution is -0.137. The Bertz CT molecular complexity index is 1470. The molecule has 204 valence electrons. The van der Waals surface area contributed by atoms with Crippen molar-refractivity contribution in [2.24, 2.45) is 5.92 Å². The number of aliphatic hydroxyl groups excluding tert-OH is 3. The number of hydrogen-bond donors (Lipinski definition) is 4. The molecule has 2 heterocycles. The first-order valence-corrected chi connectivity index (χ1v) is 13.3. The van der Waals surface area contributed by atoms with Crippen LogP contribution in [0.5, 0.6) is 0 Å². The van der Waals surface area contributed by atoms with Gasteiger partial charge in [0.15, 0.2) is 22.1 Å². The molecule has 2 aliphatic carbocycles.